The Morgan fingerprint density at radius 2 is 1.82 bits per heavy atom. The number of hydrogen-bond donors (Lipinski definition) is 1. The Balaban J connectivity index is 1.24. The Kier molecular flexibility index (Phi) is 9.35. The lowest BCUT2D eigenvalue weighted by molar-refractivity contribution is -0.0845. The molecule has 2 unspecified atom stereocenters. The fourth-order valence-corrected chi connectivity index (χ4v) is 9.30. The molecule has 2 saturated heterocycles. The fourth-order valence-electron chi connectivity index (χ4n) is 9.30. The van der Waals surface area contributed by atoms with Crippen molar-refractivity contribution in [1.82, 2.24) is 19.9 Å². The second-order valence-corrected chi connectivity index (χ2v) is 14.6. The second-order valence-electron chi connectivity index (χ2n) is 14.6. The van der Waals surface area contributed by atoms with Crippen molar-refractivity contribution < 1.29 is 32.8 Å². The van der Waals surface area contributed by atoms with E-state index >= 15 is 8.78 Å². The number of nitrogens with zero attached hydrogens (tertiary/aromatic N) is 5. The third-order valence-electron chi connectivity index (χ3n) is 11.9. The molecule has 4 aromatic rings. The van der Waals surface area contributed by atoms with Gasteiger partial charge in [0.2, 0.25) is 5.88 Å². The van der Waals surface area contributed by atoms with Gasteiger partial charge in [0.1, 0.15) is 34.0 Å². The summed E-state index contributed by atoms with van der Waals surface area (Å²) >= 11 is 0. The van der Waals surface area contributed by atoms with E-state index in [1.807, 2.05) is 6.92 Å². The van der Waals surface area contributed by atoms with Crippen molar-refractivity contribution in [1.29, 1.82) is 0 Å². The maximum atomic E-state index is 17.2. The number of rotatable bonds is 9. The van der Waals surface area contributed by atoms with Crippen LogP contribution >= 0.6 is 0 Å². The number of piperidine rings is 1. The number of aromatic hydroxyl groups is 1. The average Bonchev–Trinajstić information content (AvgIpc) is 3.37. The van der Waals surface area contributed by atoms with Crippen molar-refractivity contribution in [3.63, 3.8) is 0 Å². The van der Waals surface area contributed by atoms with E-state index < -0.39 is 11.6 Å². The summed E-state index contributed by atoms with van der Waals surface area (Å²) in [6, 6.07) is 6.97. The molecule has 4 heterocycles. The highest BCUT2D eigenvalue weighted by atomic mass is 19.1. The Bertz CT molecular complexity index is 1930. The van der Waals surface area contributed by atoms with Gasteiger partial charge in [-0.2, -0.15) is 9.97 Å². The average molecular weight is 704 g/mol. The van der Waals surface area contributed by atoms with Crippen LogP contribution in [0.3, 0.4) is 0 Å². The lowest BCUT2D eigenvalue weighted by atomic mass is 9.73. The van der Waals surface area contributed by atoms with Gasteiger partial charge in [-0.15, -0.1) is 0 Å². The summed E-state index contributed by atoms with van der Waals surface area (Å²) in [5.74, 6) is -0.610. The van der Waals surface area contributed by atoms with Crippen LogP contribution in [-0.4, -0.2) is 96.8 Å². The normalized spacial score (nSPS) is 25.5. The number of anilines is 1. The molecule has 0 amide bonds. The van der Waals surface area contributed by atoms with Crippen molar-refractivity contribution in [2.24, 2.45) is 5.41 Å². The molecule has 1 N–H and O–H groups in total. The topological polar surface area (TPSA) is 102 Å². The number of aryl methyl sites for hydroxylation is 1. The Labute approximate surface area is 297 Å². The first kappa shape index (κ1) is 34.2. The lowest BCUT2D eigenvalue weighted by Crippen LogP contribution is -2.59. The molecule has 51 heavy (non-hydrogen) atoms. The monoisotopic (exact) mass is 703 g/mol. The third kappa shape index (κ3) is 6.02. The van der Waals surface area contributed by atoms with E-state index in [-0.39, 0.29) is 39.8 Å². The molecular formula is C39H47F2N5O5. The van der Waals surface area contributed by atoms with Gasteiger partial charge in [-0.1, -0.05) is 19.4 Å². The number of phenolic OH excluding ortho intramolecular Hbond substituents is 1. The van der Waals surface area contributed by atoms with E-state index in [2.05, 4.69) is 14.8 Å². The van der Waals surface area contributed by atoms with Crippen molar-refractivity contribution in [3.05, 3.63) is 41.5 Å². The quantitative estimate of drug-likeness (QED) is 0.200. The van der Waals surface area contributed by atoms with Crippen LogP contribution in [0.15, 0.2) is 24.3 Å². The van der Waals surface area contributed by atoms with E-state index in [1.54, 1.807) is 19.2 Å². The van der Waals surface area contributed by atoms with Crippen molar-refractivity contribution in [2.45, 2.75) is 82.9 Å². The Morgan fingerprint density at radius 3 is 2.63 bits per heavy atom. The standard InChI is InChI=1S/C39H47F2N5O5/c1-4-27-29(40)10-9-23-18-25(47)21-28(31(23)27)34-33(41)35-32(37(42-34)49-3)36(45-13-7-16-50-17-15-45)44-38(43-35)51-22-39-11-5-8-30(39)46(14-6-12-39)24-19-26(20-24)48-2/h9-10,18,21,24,26,30,47H,4-8,11-17,19-20,22H2,1-3H3. The summed E-state index contributed by atoms with van der Waals surface area (Å²) < 4.78 is 56.2. The first-order valence-corrected chi connectivity index (χ1v) is 18.5. The summed E-state index contributed by atoms with van der Waals surface area (Å²) in [7, 11) is 3.28. The molecule has 2 aromatic heterocycles. The van der Waals surface area contributed by atoms with Crippen molar-refractivity contribution in [2.75, 3.05) is 58.6 Å². The lowest BCUT2D eigenvalue weighted by Gasteiger charge is -2.53. The van der Waals surface area contributed by atoms with Gasteiger partial charge in [0.25, 0.3) is 0 Å². The van der Waals surface area contributed by atoms with Gasteiger partial charge in [0, 0.05) is 49.9 Å². The number of benzene rings is 2. The zero-order valence-corrected chi connectivity index (χ0v) is 29.7. The number of aromatic nitrogens is 3. The largest absolute Gasteiger partial charge is 0.508 e. The molecule has 2 aliphatic heterocycles. The number of phenols is 1. The van der Waals surface area contributed by atoms with E-state index in [1.165, 1.54) is 19.2 Å². The molecule has 0 radical (unpaired) electrons. The van der Waals surface area contributed by atoms with Crippen LogP contribution in [0, 0.1) is 17.0 Å². The van der Waals surface area contributed by atoms with E-state index in [0.717, 1.165) is 57.9 Å². The molecule has 2 aliphatic carbocycles. The number of ether oxygens (including phenoxy) is 4. The molecule has 272 valence electrons. The zero-order valence-electron chi connectivity index (χ0n) is 29.7. The van der Waals surface area contributed by atoms with Crippen molar-refractivity contribution >= 4 is 27.5 Å². The number of likely N-dealkylation sites (tertiary alicyclic amines) is 1. The predicted octanol–water partition coefficient (Wildman–Crippen LogP) is 6.82. The minimum Gasteiger partial charge on any atom is -0.508 e. The second kappa shape index (κ2) is 13.9. The molecule has 2 aromatic carbocycles. The number of hydrogen-bond acceptors (Lipinski definition) is 10. The molecule has 8 rings (SSSR count). The van der Waals surface area contributed by atoms with E-state index in [9.17, 15) is 5.11 Å². The maximum Gasteiger partial charge on any atom is 0.319 e. The van der Waals surface area contributed by atoms with Crippen LogP contribution in [0.5, 0.6) is 17.6 Å². The number of methoxy groups -OCH3 is 2. The highest BCUT2D eigenvalue weighted by Crippen LogP contribution is 2.50. The highest BCUT2D eigenvalue weighted by Gasteiger charge is 2.51. The number of halogens is 2. The van der Waals surface area contributed by atoms with Gasteiger partial charge in [0.05, 0.1) is 26.4 Å². The zero-order chi connectivity index (χ0) is 35.3. The SMILES string of the molecule is CCc1c(F)ccc2cc(O)cc(-c3nc(OC)c4c(N5CCCOCC5)nc(OCC56CCCC5N(C5CC(OC)C5)CCC6)nc4c3F)c12. The Morgan fingerprint density at radius 1 is 0.980 bits per heavy atom. The number of pyridine rings is 1. The first-order chi connectivity index (χ1) is 24.8. The van der Waals surface area contributed by atoms with Gasteiger partial charge >= 0.3 is 6.01 Å². The van der Waals surface area contributed by atoms with Crippen molar-refractivity contribution in [3.8, 4) is 28.9 Å². The summed E-state index contributed by atoms with van der Waals surface area (Å²) in [5, 5.41) is 12.1. The van der Waals surface area contributed by atoms with E-state index in [0.29, 0.717) is 85.1 Å². The van der Waals surface area contributed by atoms with Gasteiger partial charge < -0.3 is 29.0 Å². The maximum absolute atomic E-state index is 17.2. The summed E-state index contributed by atoms with van der Waals surface area (Å²) in [6.07, 6.45) is 9.12. The first-order valence-electron chi connectivity index (χ1n) is 18.5. The fraction of sp³-hybridized carbons (Fsp3) is 0.564. The minimum absolute atomic E-state index is 0.00113. The highest BCUT2D eigenvalue weighted by molar-refractivity contribution is 6.03. The summed E-state index contributed by atoms with van der Waals surface area (Å²) in [5.41, 5.74) is 0.533. The molecule has 0 spiro atoms. The molecule has 0 bridgehead atoms. The molecule has 4 aliphatic rings. The van der Waals surface area contributed by atoms with Gasteiger partial charge in [-0.3, -0.25) is 4.90 Å². The third-order valence-corrected chi connectivity index (χ3v) is 11.9. The summed E-state index contributed by atoms with van der Waals surface area (Å²) in [4.78, 5) is 19.1. The van der Waals surface area contributed by atoms with E-state index in [4.69, 9.17) is 28.9 Å². The molecule has 12 heteroatoms. The van der Waals surface area contributed by atoms with Crippen LogP contribution < -0.4 is 14.4 Å². The number of fused-ring (bicyclic) bond motifs is 3. The van der Waals surface area contributed by atoms with Crippen LogP contribution in [0.25, 0.3) is 32.9 Å². The molecule has 4 fully saturated rings. The molecule has 2 saturated carbocycles. The predicted molar refractivity (Wildman–Crippen MR) is 191 cm³/mol. The van der Waals surface area contributed by atoms with Crippen LogP contribution in [0.2, 0.25) is 0 Å². The molecular weight excluding hydrogens is 656 g/mol. The van der Waals surface area contributed by atoms with Crippen LogP contribution in [0.1, 0.15) is 63.9 Å². The Hall–Kier alpha value is -3.87. The van der Waals surface area contributed by atoms with Gasteiger partial charge in [-0.25, -0.2) is 13.8 Å². The summed E-state index contributed by atoms with van der Waals surface area (Å²) in [6.45, 7) is 5.66. The van der Waals surface area contributed by atoms with Gasteiger partial charge in [-0.05, 0) is 92.4 Å². The molecule has 2 atom stereocenters. The van der Waals surface area contributed by atoms with Crippen LogP contribution in [-0.2, 0) is 15.9 Å². The minimum atomic E-state index is -0.720. The smallest absolute Gasteiger partial charge is 0.319 e. The van der Waals surface area contributed by atoms with Gasteiger partial charge in [0.15, 0.2) is 5.82 Å². The molecule has 10 nitrogen and oxygen atoms in total. The van der Waals surface area contributed by atoms with Crippen LogP contribution in [0.4, 0.5) is 14.6 Å².